The van der Waals surface area contributed by atoms with E-state index < -0.39 is 0 Å². The Kier molecular flexibility index (Phi) is 7.69. The number of benzene rings is 2. The van der Waals surface area contributed by atoms with Crippen molar-refractivity contribution in [1.82, 2.24) is 24.9 Å². The van der Waals surface area contributed by atoms with Gasteiger partial charge in [0.2, 0.25) is 0 Å². The van der Waals surface area contributed by atoms with E-state index in [4.69, 9.17) is 16.7 Å². The number of likely N-dealkylation sites (tertiary alicyclic amines) is 1. The van der Waals surface area contributed by atoms with E-state index in [1.54, 1.807) is 6.20 Å². The molecule has 5 aliphatic rings. The lowest BCUT2D eigenvalue weighted by Gasteiger charge is -2.57. The summed E-state index contributed by atoms with van der Waals surface area (Å²) in [5.41, 5.74) is 5.18. The summed E-state index contributed by atoms with van der Waals surface area (Å²) in [7, 11) is 0. The first-order chi connectivity index (χ1) is 22.7. The lowest BCUT2D eigenvalue weighted by atomic mass is 9.53. The fourth-order valence-corrected chi connectivity index (χ4v) is 9.90. The number of hydrogen-bond donors (Lipinski definition) is 2. The molecule has 9 heteroatoms. The van der Waals surface area contributed by atoms with Gasteiger partial charge in [0.15, 0.2) is 0 Å². The highest BCUT2D eigenvalue weighted by atomic mass is 35.5. The molecular weight excluding hydrogens is 604 g/mol. The molecule has 0 radical (unpaired) electrons. The van der Waals surface area contributed by atoms with Crippen LogP contribution in [-0.2, 0) is 0 Å². The highest BCUT2D eigenvalue weighted by Crippen LogP contribution is 2.57. The number of piperidine rings is 1. The number of halogens is 1. The summed E-state index contributed by atoms with van der Waals surface area (Å²) < 4.78 is 2.07. The largest absolute Gasteiger partial charge is 0.378 e. The Bertz CT molecular complexity index is 1780. The molecule has 4 aliphatic carbocycles. The van der Waals surface area contributed by atoms with E-state index >= 15 is 0 Å². The Morgan fingerprint density at radius 2 is 1.68 bits per heavy atom. The summed E-state index contributed by atoms with van der Waals surface area (Å²) in [5.74, 6) is 2.37. The first-order valence-corrected chi connectivity index (χ1v) is 17.8. The smallest absolute Gasteiger partial charge is 0.109 e. The minimum absolute atomic E-state index is 0.0403. The standard InChI is InChI=1S/C38H45ClN8/c1-37(2,3)46-11-9-30(10-12-46)47-23-33(44-45-47)35(27-7-5-4-6-8-27)42-29-16-31-34(28(21-40)22-41-36(31)32(39)17-29)43-38-18-24-13-25(19-38)15-26(14-24)20-38/h4-8,16-17,22-26,30,35,42H,9-15,18-20H2,1-3H3,(H,41,43)/t24-,25-,26-,35-,38?/m0/s1. The second kappa shape index (κ2) is 11.8. The average molecular weight is 649 g/mol. The van der Waals surface area contributed by atoms with Crippen molar-refractivity contribution in [2.45, 2.75) is 95.3 Å². The molecule has 2 aromatic heterocycles. The zero-order chi connectivity index (χ0) is 32.3. The van der Waals surface area contributed by atoms with E-state index in [1.807, 2.05) is 12.1 Å². The van der Waals surface area contributed by atoms with Crippen LogP contribution < -0.4 is 10.6 Å². The van der Waals surface area contributed by atoms with E-state index in [-0.39, 0.29) is 17.1 Å². The van der Waals surface area contributed by atoms with Gasteiger partial charge in [0.05, 0.1) is 40.1 Å². The van der Waals surface area contributed by atoms with Gasteiger partial charge in [0.25, 0.3) is 0 Å². The molecule has 1 saturated heterocycles. The van der Waals surface area contributed by atoms with Gasteiger partial charge in [-0.1, -0.05) is 47.1 Å². The van der Waals surface area contributed by atoms with E-state index in [9.17, 15) is 5.26 Å². The molecule has 2 N–H and O–H groups in total. The van der Waals surface area contributed by atoms with E-state index in [0.717, 1.165) is 71.7 Å². The third-order valence-electron chi connectivity index (χ3n) is 11.5. The fourth-order valence-electron chi connectivity index (χ4n) is 9.63. The molecular formula is C38H45ClN8. The fraction of sp³-hybridized carbons (Fsp3) is 0.526. The summed E-state index contributed by atoms with van der Waals surface area (Å²) in [6, 6.07) is 17.0. The van der Waals surface area contributed by atoms with Gasteiger partial charge in [-0.15, -0.1) is 5.10 Å². The molecule has 47 heavy (non-hydrogen) atoms. The van der Waals surface area contributed by atoms with Gasteiger partial charge in [-0.2, -0.15) is 5.26 Å². The number of rotatable bonds is 7. The van der Waals surface area contributed by atoms with Gasteiger partial charge in [-0.05, 0) is 108 Å². The normalized spacial score (nSPS) is 26.7. The van der Waals surface area contributed by atoms with Gasteiger partial charge >= 0.3 is 0 Å². The molecule has 4 bridgehead atoms. The van der Waals surface area contributed by atoms with E-state index in [0.29, 0.717) is 22.1 Å². The van der Waals surface area contributed by atoms with Crippen molar-refractivity contribution in [3.63, 3.8) is 0 Å². The Labute approximate surface area is 282 Å². The van der Waals surface area contributed by atoms with Crippen LogP contribution in [0.2, 0.25) is 5.02 Å². The SMILES string of the molecule is CC(C)(C)N1CCC(n2cc([C@@H](Nc3cc(Cl)c4ncc(C#N)c(NC56C[C@H]7C[C@H](C5)C[C@@H](C6)C7)c4c3)c3ccccc3)nn2)CC1. The van der Waals surface area contributed by atoms with Crippen molar-refractivity contribution in [2.75, 3.05) is 23.7 Å². The maximum atomic E-state index is 10.2. The first-order valence-electron chi connectivity index (χ1n) is 17.5. The summed E-state index contributed by atoms with van der Waals surface area (Å²) in [4.78, 5) is 7.22. The van der Waals surface area contributed by atoms with Crippen LogP contribution in [0.25, 0.3) is 10.9 Å². The summed E-state index contributed by atoms with van der Waals surface area (Å²) in [5, 5.41) is 28.8. The quantitative estimate of drug-likeness (QED) is 0.208. The maximum Gasteiger partial charge on any atom is 0.109 e. The summed E-state index contributed by atoms with van der Waals surface area (Å²) >= 11 is 6.98. The molecule has 1 atom stereocenters. The van der Waals surface area contributed by atoms with Crippen LogP contribution in [0.15, 0.2) is 54.9 Å². The van der Waals surface area contributed by atoms with Crippen molar-refractivity contribution in [1.29, 1.82) is 5.26 Å². The summed E-state index contributed by atoms with van der Waals surface area (Å²) in [6.45, 7) is 8.97. The minimum Gasteiger partial charge on any atom is -0.378 e. The molecule has 5 fully saturated rings. The molecule has 244 valence electrons. The molecule has 0 amide bonds. The van der Waals surface area contributed by atoms with E-state index in [2.05, 4.69) is 93.8 Å². The van der Waals surface area contributed by atoms with Gasteiger partial charge in [-0.25, -0.2) is 4.68 Å². The van der Waals surface area contributed by atoms with Crippen LogP contribution in [0.1, 0.15) is 101 Å². The monoisotopic (exact) mass is 648 g/mol. The Balaban J connectivity index is 1.12. The number of nitriles is 1. The predicted molar refractivity (Wildman–Crippen MR) is 188 cm³/mol. The van der Waals surface area contributed by atoms with E-state index in [1.165, 1.54) is 38.5 Å². The molecule has 0 spiro atoms. The second-order valence-electron chi connectivity index (χ2n) is 15.8. The molecule has 1 aliphatic heterocycles. The Morgan fingerprint density at radius 1 is 1.00 bits per heavy atom. The predicted octanol–water partition coefficient (Wildman–Crippen LogP) is 8.37. The molecule has 2 aromatic carbocycles. The van der Waals surface area contributed by atoms with Crippen molar-refractivity contribution in [3.8, 4) is 6.07 Å². The molecule has 8 nitrogen and oxygen atoms in total. The second-order valence-corrected chi connectivity index (χ2v) is 16.2. The van der Waals surface area contributed by atoms with Gasteiger partial charge in [-0.3, -0.25) is 9.88 Å². The lowest BCUT2D eigenvalue weighted by Crippen LogP contribution is -2.54. The van der Waals surface area contributed by atoms with Gasteiger partial charge in [0.1, 0.15) is 11.8 Å². The molecule has 4 saturated carbocycles. The van der Waals surface area contributed by atoms with Crippen LogP contribution in [0.3, 0.4) is 0 Å². The Hall–Kier alpha value is -3.67. The number of nitrogens with one attached hydrogen (secondary N) is 2. The number of hydrogen-bond acceptors (Lipinski definition) is 7. The van der Waals surface area contributed by atoms with Gasteiger partial charge < -0.3 is 10.6 Å². The zero-order valence-electron chi connectivity index (χ0n) is 27.7. The van der Waals surface area contributed by atoms with Crippen LogP contribution in [-0.4, -0.2) is 49.0 Å². The average Bonchev–Trinajstić information content (AvgIpc) is 3.53. The lowest BCUT2D eigenvalue weighted by molar-refractivity contribution is 0.0107. The Morgan fingerprint density at radius 3 is 2.32 bits per heavy atom. The molecule has 9 rings (SSSR count). The third-order valence-corrected chi connectivity index (χ3v) is 11.8. The number of nitrogens with zero attached hydrogens (tertiary/aromatic N) is 6. The number of fused-ring (bicyclic) bond motifs is 1. The first kappa shape index (κ1) is 30.7. The zero-order valence-corrected chi connectivity index (χ0v) is 28.5. The van der Waals surface area contributed by atoms with Crippen molar-refractivity contribution in [3.05, 3.63) is 76.7 Å². The van der Waals surface area contributed by atoms with Crippen molar-refractivity contribution < 1.29 is 0 Å². The van der Waals surface area contributed by atoms with Crippen LogP contribution >= 0.6 is 11.6 Å². The number of anilines is 2. The summed E-state index contributed by atoms with van der Waals surface area (Å²) in [6.07, 6.45) is 13.5. The third kappa shape index (κ3) is 5.87. The van der Waals surface area contributed by atoms with Crippen LogP contribution in [0.4, 0.5) is 11.4 Å². The van der Waals surface area contributed by atoms with Crippen molar-refractivity contribution in [2.24, 2.45) is 17.8 Å². The molecule has 0 unspecified atom stereocenters. The number of pyridine rings is 1. The maximum absolute atomic E-state index is 10.2. The topological polar surface area (TPSA) is 94.7 Å². The van der Waals surface area contributed by atoms with Crippen molar-refractivity contribution >= 4 is 33.9 Å². The number of aromatic nitrogens is 4. The van der Waals surface area contributed by atoms with Crippen LogP contribution in [0, 0.1) is 29.1 Å². The highest BCUT2D eigenvalue weighted by Gasteiger charge is 2.51. The van der Waals surface area contributed by atoms with Gasteiger partial charge in [0, 0.05) is 41.4 Å². The highest BCUT2D eigenvalue weighted by molar-refractivity contribution is 6.35. The molecule has 3 heterocycles. The van der Waals surface area contributed by atoms with Crippen LogP contribution in [0.5, 0.6) is 0 Å². The minimum atomic E-state index is -0.236. The molecule has 4 aromatic rings.